The Hall–Kier alpha value is -0.870. The standard InChI is InChI=1S/C14H25N3O/c1-11(2)7-15-8-13-4-5-17(9-13)10-14-6-12(3)16-18-14/h6,11,13,15H,4-5,7-10H2,1-3H3. The molecule has 1 atom stereocenters. The van der Waals surface area contributed by atoms with Crippen molar-refractivity contribution in [2.75, 3.05) is 26.2 Å². The second-order valence-corrected chi connectivity index (χ2v) is 5.88. The normalized spacial score (nSPS) is 21.0. The topological polar surface area (TPSA) is 41.3 Å². The predicted octanol–water partition coefficient (Wildman–Crippen LogP) is 2.05. The number of hydrogen-bond donors (Lipinski definition) is 1. The summed E-state index contributed by atoms with van der Waals surface area (Å²) in [7, 11) is 0. The van der Waals surface area contributed by atoms with Gasteiger partial charge in [-0.05, 0) is 44.8 Å². The zero-order valence-corrected chi connectivity index (χ0v) is 11.8. The van der Waals surface area contributed by atoms with E-state index in [-0.39, 0.29) is 0 Å². The molecule has 0 aliphatic carbocycles. The van der Waals surface area contributed by atoms with Gasteiger partial charge < -0.3 is 9.84 Å². The Morgan fingerprint density at radius 1 is 1.56 bits per heavy atom. The average Bonchev–Trinajstić information content (AvgIpc) is 2.89. The van der Waals surface area contributed by atoms with Gasteiger partial charge in [-0.1, -0.05) is 19.0 Å². The Morgan fingerprint density at radius 2 is 2.39 bits per heavy atom. The molecule has 1 aromatic rings. The number of hydrogen-bond acceptors (Lipinski definition) is 4. The molecule has 0 bridgehead atoms. The van der Waals surface area contributed by atoms with Crippen molar-refractivity contribution in [3.63, 3.8) is 0 Å². The van der Waals surface area contributed by atoms with Gasteiger partial charge in [-0.3, -0.25) is 4.90 Å². The Kier molecular flexibility index (Phi) is 4.78. The highest BCUT2D eigenvalue weighted by molar-refractivity contribution is 5.03. The lowest BCUT2D eigenvalue weighted by molar-refractivity contribution is 0.264. The molecule has 1 aliphatic heterocycles. The first kappa shape index (κ1) is 13.6. The Morgan fingerprint density at radius 3 is 3.06 bits per heavy atom. The quantitative estimate of drug-likeness (QED) is 0.840. The predicted molar refractivity (Wildman–Crippen MR) is 72.3 cm³/mol. The van der Waals surface area contributed by atoms with E-state index in [1.54, 1.807) is 0 Å². The minimum Gasteiger partial charge on any atom is -0.360 e. The summed E-state index contributed by atoms with van der Waals surface area (Å²) in [5, 5.41) is 7.49. The van der Waals surface area contributed by atoms with E-state index in [2.05, 4.69) is 29.2 Å². The number of rotatable bonds is 6. The van der Waals surface area contributed by atoms with Gasteiger partial charge in [0.1, 0.15) is 0 Å². The summed E-state index contributed by atoms with van der Waals surface area (Å²) < 4.78 is 5.27. The maximum absolute atomic E-state index is 5.27. The smallest absolute Gasteiger partial charge is 0.150 e. The van der Waals surface area contributed by atoms with Gasteiger partial charge in [0.05, 0.1) is 12.2 Å². The molecule has 1 N–H and O–H groups in total. The van der Waals surface area contributed by atoms with Crippen LogP contribution >= 0.6 is 0 Å². The lowest BCUT2D eigenvalue weighted by Gasteiger charge is -2.15. The third kappa shape index (κ3) is 4.10. The Labute approximate surface area is 110 Å². The molecule has 4 heteroatoms. The second kappa shape index (κ2) is 6.34. The van der Waals surface area contributed by atoms with Gasteiger partial charge in [0, 0.05) is 12.6 Å². The summed E-state index contributed by atoms with van der Waals surface area (Å²) in [6.07, 6.45) is 1.29. The fourth-order valence-electron chi connectivity index (χ4n) is 2.51. The van der Waals surface area contributed by atoms with E-state index >= 15 is 0 Å². The minimum atomic E-state index is 0.736. The molecule has 18 heavy (non-hydrogen) atoms. The largest absolute Gasteiger partial charge is 0.360 e. The minimum absolute atomic E-state index is 0.736. The molecular weight excluding hydrogens is 226 g/mol. The highest BCUT2D eigenvalue weighted by Gasteiger charge is 2.23. The van der Waals surface area contributed by atoms with Gasteiger partial charge in [-0.25, -0.2) is 0 Å². The third-order valence-corrected chi connectivity index (χ3v) is 3.41. The SMILES string of the molecule is Cc1cc(CN2CCC(CNCC(C)C)C2)on1. The number of nitrogens with zero attached hydrogens (tertiary/aromatic N) is 2. The van der Waals surface area contributed by atoms with E-state index < -0.39 is 0 Å². The van der Waals surface area contributed by atoms with Crippen molar-refractivity contribution in [3.05, 3.63) is 17.5 Å². The molecular formula is C14H25N3O. The van der Waals surface area contributed by atoms with Crippen LogP contribution in [0.15, 0.2) is 10.6 Å². The molecule has 1 aromatic heterocycles. The monoisotopic (exact) mass is 251 g/mol. The van der Waals surface area contributed by atoms with Crippen LogP contribution in [-0.2, 0) is 6.54 Å². The molecule has 102 valence electrons. The van der Waals surface area contributed by atoms with Crippen LogP contribution in [0.1, 0.15) is 31.7 Å². The van der Waals surface area contributed by atoms with Crippen LogP contribution in [-0.4, -0.2) is 36.2 Å². The summed E-state index contributed by atoms with van der Waals surface area (Å²) in [6.45, 7) is 12.0. The zero-order valence-electron chi connectivity index (χ0n) is 11.8. The van der Waals surface area contributed by atoms with Crippen molar-refractivity contribution >= 4 is 0 Å². The van der Waals surface area contributed by atoms with Crippen molar-refractivity contribution in [2.45, 2.75) is 33.7 Å². The third-order valence-electron chi connectivity index (χ3n) is 3.41. The van der Waals surface area contributed by atoms with Crippen LogP contribution in [0.5, 0.6) is 0 Å². The molecule has 4 nitrogen and oxygen atoms in total. The van der Waals surface area contributed by atoms with Crippen LogP contribution in [0.2, 0.25) is 0 Å². The van der Waals surface area contributed by atoms with E-state index in [1.807, 2.05) is 13.0 Å². The Balaban J connectivity index is 1.68. The van der Waals surface area contributed by atoms with Crippen molar-refractivity contribution in [1.82, 2.24) is 15.4 Å². The van der Waals surface area contributed by atoms with Gasteiger partial charge >= 0.3 is 0 Å². The first-order chi connectivity index (χ1) is 8.63. The van der Waals surface area contributed by atoms with Crippen LogP contribution < -0.4 is 5.32 Å². The molecule has 0 amide bonds. The summed E-state index contributed by atoms with van der Waals surface area (Å²) >= 11 is 0. The van der Waals surface area contributed by atoms with Crippen molar-refractivity contribution in [2.24, 2.45) is 11.8 Å². The van der Waals surface area contributed by atoms with E-state index in [9.17, 15) is 0 Å². The number of aromatic nitrogens is 1. The first-order valence-electron chi connectivity index (χ1n) is 6.98. The molecule has 0 spiro atoms. The first-order valence-corrected chi connectivity index (χ1v) is 6.98. The van der Waals surface area contributed by atoms with Gasteiger partial charge in [0.15, 0.2) is 5.76 Å². The molecule has 1 fully saturated rings. The summed E-state index contributed by atoms with van der Waals surface area (Å²) in [6, 6.07) is 2.03. The Bertz CT molecular complexity index is 362. The summed E-state index contributed by atoms with van der Waals surface area (Å²) in [5.41, 5.74) is 0.972. The van der Waals surface area contributed by atoms with Gasteiger partial charge in [-0.15, -0.1) is 0 Å². The highest BCUT2D eigenvalue weighted by Crippen LogP contribution is 2.18. The maximum atomic E-state index is 5.27. The van der Waals surface area contributed by atoms with E-state index in [0.717, 1.165) is 42.9 Å². The second-order valence-electron chi connectivity index (χ2n) is 5.88. The molecule has 0 saturated carbocycles. The zero-order chi connectivity index (χ0) is 13.0. The maximum Gasteiger partial charge on any atom is 0.150 e. The summed E-state index contributed by atoms with van der Waals surface area (Å²) in [4.78, 5) is 2.46. The number of nitrogens with one attached hydrogen (secondary N) is 1. The molecule has 0 radical (unpaired) electrons. The van der Waals surface area contributed by atoms with Gasteiger partial charge in [0.2, 0.25) is 0 Å². The van der Waals surface area contributed by atoms with Crippen molar-refractivity contribution in [3.8, 4) is 0 Å². The van der Waals surface area contributed by atoms with Crippen molar-refractivity contribution < 1.29 is 4.52 Å². The van der Waals surface area contributed by atoms with Crippen LogP contribution in [0.4, 0.5) is 0 Å². The van der Waals surface area contributed by atoms with E-state index in [4.69, 9.17) is 4.52 Å². The van der Waals surface area contributed by atoms with Crippen molar-refractivity contribution in [1.29, 1.82) is 0 Å². The lowest BCUT2D eigenvalue weighted by atomic mass is 10.1. The lowest BCUT2D eigenvalue weighted by Crippen LogP contribution is -2.28. The molecule has 1 aliphatic rings. The van der Waals surface area contributed by atoms with Gasteiger partial charge in [0.25, 0.3) is 0 Å². The highest BCUT2D eigenvalue weighted by atomic mass is 16.5. The summed E-state index contributed by atoms with van der Waals surface area (Å²) in [5.74, 6) is 2.51. The molecule has 1 unspecified atom stereocenters. The van der Waals surface area contributed by atoms with Gasteiger partial charge in [-0.2, -0.15) is 0 Å². The molecule has 2 heterocycles. The molecule has 1 saturated heterocycles. The van der Waals surface area contributed by atoms with E-state index in [0.29, 0.717) is 0 Å². The van der Waals surface area contributed by atoms with Crippen LogP contribution in [0.25, 0.3) is 0 Å². The fraction of sp³-hybridized carbons (Fsp3) is 0.786. The fourth-order valence-corrected chi connectivity index (χ4v) is 2.51. The molecule has 2 rings (SSSR count). The number of aryl methyl sites for hydroxylation is 1. The van der Waals surface area contributed by atoms with E-state index in [1.165, 1.54) is 19.5 Å². The average molecular weight is 251 g/mol. The van der Waals surface area contributed by atoms with Crippen LogP contribution in [0, 0.1) is 18.8 Å². The molecule has 0 aromatic carbocycles. The van der Waals surface area contributed by atoms with Crippen LogP contribution in [0.3, 0.4) is 0 Å². The number of likely N-dealkylation sites (tertiary alicyclic amines) is 1.